The number of amides is 1. The van der Waals surface area contributed by atoms with Crippen LogP contribution < -0.4 is 10.1 Å². The highest BCUT2D eigenvalue weighted by Crippen LogP contribution is 2.28. The summed E-state index contributed by atoms with van der Waals surface area (Å²) in [5.41, 5.74) is 0.352. The first-order chi connectivity index (χ1) is 10.5. The second-order valence-corrected chi connectivity index (χ2v) is 5.91. The monoisotopic (exact) mass is 319 g/mol. The molecular formula is C16H17NO4S. The summed E-state index contributed by atoms with van der Waals surface area (Å²) >= 11 is 1.32. The molecular weight excluding hydrogens is 302 g/mol. The Hall–Kier alpha value is -2.34. The van der Waals surface area contributed by atoms with Gasteiger partial charge in [0, 0.05) is 4.88 Å². The summed E-state index contributed by atoms with van der Waals surface area (Å²) in [7, 11) is 1.31. The van der Waals surface area contributed by atoms with Gasteiger partial charge in [-0.2, -0.15) is 0 Å². The van der Waals surface area contributed by atoms with Gasteiger partial charge in [-0.15, -0.1) is 11.3 Å². The Kier molecular flexibility index (Phi) is 5.16. The number of anilines is 1. The molecule has 0 aliphatic rings. The van der Waals surface area contributed by atoms with Gasteiger partial charge in [0.1, 0.15) is 10.8 Å². The molecule has 1 aromatic heterocycles. The first-order valence-electron chi connectivity index (χ1n) is 6.72. The Morgan fingerprint density at radius 2 is 1.91 bits per heavy atom. The van der Waals surface area contributed by atoms with Crippen LogP contribution in [0.25, 0.3) is 0 Å². The Balaban J connectivity index is 2.07. The van der Waals surface area contributed by atoms with Gasteiger partial charge < -0.3 is 14.8 Å². The van der Waals surface area contributed by atoms with Crippen molar-refractivity contribution >= 4 is 28.2 Å². The smallest absolute Gasteiger partial charge is 0.340 e. The van der Waals surface area contributed by atoms with Crippen LogP contribution in [0.2, 0.25) is 0 Å². The predicted molar refractivity (Wildman–Crippen MR) is 85.6 cm³/mol. The molecule has 1 aromatic carbocycles. The lowest BCUT2D eigenvalue weighted by atomic mass is 10.3. The molecule has 0 aliphatic heterocycles. The average Bonchev–Trinajstić information content (AvgIpc) is 2.88. The van der Waals surface area contributed by atoms with E-state index in [4.69, 9.17) is 9.47 Å². The van der Waals surface area contributed by atoms with Crippen LogP contribution in [0.15, 0.2) is 36.4 Å². The van der Waals surface area contributed by atoms with E-state index in [2.05, 4.69) is 5.32 Å². The van der Waals surface area contributed by atoms with Crippen LogP contribution in [0, 0.1) is 6.92 Å². The Labute approximate surface area is 132 Å². The van der Waals surface area contributed by atoms with Crippen molar-refractivity contribution in [3.8, 4) is 5.75 Å². The van der Waals surface area contributed by atoms with E-state index in [0.717, 1.165) is 4.88 Å². The summed E-state index contributed by atoms with van der Waals surface area (Å²) in [6.07, 6.45) is -0.685. The third kappa shape index (κ3) is 3.85. The first-order valence-corrected chi connectivity index (χ1v) is 7.54. The summed E-state index contributed by atoms with van der Waals surface area (Å²) in [6.45, 7) is 3.51. The maximum absolute atomic E-state index is 12.2. The largest absolute Gasteiger partial charge is 0.481 e. The van der Waals surface area contributed by atoms with Crippen molar-refractivity contribution in [3.63, 3.8) is 0 Å². The van der Waals surface area contributed by atoms with E-state index in [1.165, 1.54) is 18.4 Å². The lowest BCUT2D eigenvalue weighted by Crippen LogP contribution is -2.30. The molecule has 1 unspecified atom stereocenters. The molecule has 0 spiro atoms. The molecule has 1 heterocycles. The maximum Gasteiger partial charge on any atom is 0.340 e. The highest BCUT2D eigenvalue weighted by atomic mass is 32.1. The number of benzene rings is 1. The highest BCUT2D eigenvalue weighted by Gasteiger charge is 2.21. The lowest BCUT2D eigenvalue weighted by Gasteiger charge is -2.14. The molecule has 1 amide bonds. The minimum atomic E-state index is -0.685. The minimum Gasteiger partial charge on any atom is -0.481 e. The summed E-state index contributed by atoms with van der Waals surface area (Å²) in [6, 6.07) is 10.8. The number of rotatable bonds is 5. The fourth-order valence-electron chi connectivity index (χ4n) is 1.84. The molecule has 0 bridgehead atoms. The molecule has 2 aromatic rings. The third-order valence-electron chi connectivity index (χ3n) is 2.92. The van der Waals surface area contributed by atoms with E-state index in [9.17, 15) is 9.59 Å². The van der Waals surface area contributed by atoms with Crippen LogP contribution in [0.1, 0.15) is 22.2 Å². The number of esters is 1. The average molecular weight is 319 g/mol. The molecule has 22 heavy (non-hydrogen) atoms. The molecule has 0 fully saturated rings. The van der Waals surface area contributed by atoms with Crippen LogP contribution in [-0.4, -0.2) is 25.1 Å². The molecule has 0 saturated heterocycles. The van der Waals surface area contributed by atoms with Crippen molar-refractivity contribution in [3.05, 3.63) is 46.8 Å². The number of ether oxygens (including phenoxy) is 2. The van der Waals surface area contributed by atoms with Crippen molar-refractivity contribution in [1.82, 2.24) is 0 Å². The molecule has 6 heteroatoms. The van der Waals surface area contributed by atoms with Gasteiger partial charge in [-0.25, -0.2) is 4.79 Å². The fraction of sp³-hybridized carbons (Fsp3) is 0.250. The number of aryl methyl sites for hydroxylation is 1. The minimum absolute atomic E-state index is 0.323. The zero-order valence-corrected chi connectivity index (χ0v) is 13.4. The van der Waals surface area contributed by atoms with E-state index >= 15 is 0 Å². The van der Waals surface area contributed by atoms with Crippen molar-refractivity contribution < 1.29 is 19.1 Å². The normalized spacial score (nSPS) is 11.6. The second kappa shape index (κ2) is 7.09. The van der Waals surface area contributed by atoms with E-state index in [1.54, 1.807) is 25.1 Å². The number of hydrogen-bond acceptors (Lipinski definition) is 5. The molecule has 1 N–H and O–H groups in total. The second-order valence-electron chi connectivity index (χ2n) is 4.65. The van der Waals surface area contributed by atoms with Gasteiger partial charge in [0.2, 0.25) is 0 Å². The van der Waals surface area contributed by atoms with Gasteiger partial charge in [-0.1, -0.05) is 18.2 Å². The van der Waals surface area contributed by atoms with E-state index < -0.39 is 12.1 Å². The van der Waals surface area contributed by atoms with Crippen LogP contribution >= 0.6 is 11.3 Å². The topological polar surface area (TPSA) is 64.6 Å². The molecule has 0 saturated carbocycles. The van der Waals surface area contributed by atoms with Crippen LogP contribution in [0.3, 0.4) is 0 Å². The molecule has 0 radical (unpaired) electrons. The Bertz CT molecular complexity index is 666. The van der Waals surface area contributed by atoms with Crippen molar-refractivity contribution in [1.29, 1.82) is 0 Å². The van der Waals surface area contributed by atoms with Crippen molar-refractivity contribution in [2.75, 3.05) is 12.4 Å². The first kappa shape index (κ1) is 16.0. The van der Waals surface area contributed by atoms with E-state index in [0.29, 0.717) is 16.3 Å². The molecule has 116 valence electrons. The molecule has 0 aliphatic carbocycles. The highest BCUT2D eigenvalue weighted by molar-refractivity contribution is 7.16. The number of thiophene rings is 1. The summed E-state index contributed by atoms with van der Waals surface area (Å²) in [5, 5.41) is 3.19. The predicted octanol–water partition coefficient (Wildman–Crippen LogP) is 3.25. The van der Waals surface area contributed by atoms with E-state index in [1.807, 2.05) is 25.1 Å². The Morgan fingerprint density at radius 1 is 1.23 bits per heavy atom. The van der Waals surface area contributed by atoms with Crippen molar-refractivity contribution in [2.45, 2.75) is 20.0 Å². The standard InChI is InChI=1S/C16H17NO4S/c1-10-9-13(16(19)20-3)15(22-10)17-14(18)11(2)21-12-7-5-4-6-8-12/h4-9,11H,1-3H3,(H,17,18). The van der Waals surface area contributed by atoms with Gasteiger partial charge in [0.05, 0.1) is 12.7 Å². The molecule has 1 atom stereocenters. The zero-order valence-electron chi connectivity index (χ0n) is 12.6. The van der Waals surface area contributed by atoms with E-state index in [-0.39, 0.29) is 5.91 Å². The van der Waals surface area contributed by atoms with Gasteiger partial charge in [-0.3, -0.25) is 4.79 Å². The van der Waals surface area contributed by atoms with Crippen LogP contribution in [0.5, 0.6) is 5.75 Å². The number of hydrogen-bond donors (Lipinski definition) is 1. The number of methoxy groups -OCH3 is 1. The molecule has 5 nitrogen and oxygen atoms in total. The number of carbonyl (C=O) groups excluding carboxylic acids is 2. The Morgan fingerprint density at radius 3 is 2.55 bits per heavy atom. The van der Waals surface area contributed by atoms with Crippen LogP contribution in [-0.2, 0) is 9.53 Å². The number of carbonyl (C=O) groups is 2. The van der Waals surface area contributed by atoms with Gasteiger partial charge in [0.25, 0.3) is 5.91 Å². The summed E-state index contributed by atoms with van der Waals surface area (Å²) < 4.78 is 10.3. The third-order valence-corrected chi connectivity index (χ3v) is 3.89. The lowest BCUT2D eigenvalue weighted by molar-refractivity contribution is -0.122. The van der Waals surface area contributed by atoms with Gasteiger partial charge >= 0.3 is 5.97 Å². The van der Waals surface area contributed by atoms with Gasteiger partial charge in [-0.05, 0) is 32.0 Å². The SMILES string of the molecule is COC(=O)c1cc(C)sc1NC(=O)C(C)Oc1ccccc1. The summed E-state index contributed by atoms with van der Waals surface area (Å²) in [5.74, 6) is -0.187. The van der Waals surface area contributed by atoms with Crippen LogP contribution in [0.4, 0.5) is 5.00 Å². The quantitative estimate of drug-likeness (QED) is 0.859. The maximum atomic E-state index is 12.2. The number of para-hydroxylation sites is 1. The number of nitrogens with one attached hydrogen (secondary N) is 1. The molecule has 2 rings (SSSR count). The van der Waals surface area contributed by atoms with Crippen molar-refractivity contribution in [2.24, 2.45) is 0 Å². The summed E-state index contributed by atoms with van der Waals surface area (Å²) in [4.78, 5) is 24.8. The van der Waals surface area contributed by atoms with Gasteiger partial charge in [0.15, 0.2) is 6.10 Å². The zero-order chi connectivity index (χ0) is 16.1. The fourth-order valence-corrected chi connectivity index (χ4v) is 2.74.